The lowest BCUT2D eigenvalue weighted by Gasteiger charge is -2.42. The number of piperidine rings is 1. The third-order valence-corrected chi connectivity index (χ3v) is 6.67. The highest BCUT2D eigenvalue weighted by atomic mass is 19.1. The number of fused-ring (bicyclic) bond motifs is 1. The summed E-state index contributed by atoms with van der Waals surface area (Å²) in [6.07, 6.45) is 1.95. The Kier molecular flexibility index (Phi) is 5.80. The van der Waals surface area contributed by atoms with Crippen molar-refractivity contribution in [1.82, 2.24) is 9.88 Å². The summed E-state index contributed by atoms with van der Waals surface area (Å²) in [5, 5.41) is 11.1. The third-order valence-electron chi connectivity index (χ3n) is 6.67. The quantitative estimate of drug-likeness (QED) is 0.662. The van der Waals surface area contributed by atoms with Crippen LogP contribution in [-0.4, -0.2) is 40.6 Å². The van der Waals surface area contributed by atoms with E-state index in [-0.39, 0.29) is 18.3 Å². The Morgan fingerprint density at radius 1 is 1.19 bits per heavy atom. The maximum Gasteiger partial charge on any atom is 0.254 e. The lowest BCUT2D eigenvalue weighted by molar-refractivity contribution is 0.0269. The number of aryl methyl sites for hydroxylation is 3. The number of pyridine rings is 1. The van der Waals surface area contributed by atoms with Gasteiger partial charge in [0, 0.05) is 29.6 Å². The second-order valence-electron chi connectivity index (χ2n) is 8.97. The van der Waals surface area contributed by atoms with Crippen LogP contribution < -0.4 is 0 Å². The maximum atomic E-state index is 14.3. The largest absolute Gasteiger partial charge is 0.396 e. The zero-order valence-corrected chi connectivity index (χ0v) is 18.4. The Morgan fingerprint density at radius 3 is 2.71 bits per heavy atom. The molecule has 1 aliphatic rings. The number of benzene rings is 2. The van der Waals surface area contributed by atoms with Crippen molar-refractivity contribution in [2.24, 2.45) is 5.41 Å². The molecule has 3 aromatic rings. The monoisotopic (exact) mass is 420 g/mol. The van der Waals surface area contributed by atoms with E-state index in [0.717, 1.165) is 40.6 Å². The van der Waals surface area contributed by atoms with Gasteiger partial charge >= 0.3 is 0 Å². The maximum absolute atomic E-state index is 14.3. The summed E-state index contributed by atoms with van der Waals surface area (Å²) in [5.74, 6) is -0.315. The summed E-state index contributed by atoms with van der Waals surface area (Å²) in [6, 6.07) is 12.5. The summed E-state index contributed by atoms with van der Waals surface area (Å²) in [5.41, 5.74) is 4.58. The van der Waals surface area contributed by atoms with Crippen LogP contribution in [0.15, 0.2) is 42.5 Å². The number of carbonyl (C=O) groups excluding carboxylic acids is 1. The summed E-state index contributed by atoms with van der Waals surface area (Å²) in [6.45, 7) is 6.94. The Morgan fingerprint density at radius 2 is 1.97 bits per heavy atom. The zero-order valence-electron chi connectivity index (χ0n) is 18.4. The summed E-state index contributed by atoms with van der Waals surface area (Å²) < 4.78 is 14.3. The topological polar surface area (TPSA) is 53.4 Å². The summed E-state index contributed by atoms with van der Waals surface area (Å²) >= 11 is 0. The number of aliphatic hydroxyl groups excluding tert-OH is 1. The van der Waals surface area contributed by atoms with Gasteiger partial charge in [-0.15, -0.1) is 0 Å². The molecular weight excluding hydrogens is 391 g/mol. The van der Waals surface area contributed by atoms with Crippen LogP contribution in [-0.2, 0) is 6.42 Å². The fraction of sp³-hybridized carbons (Fsp3) is 0.385. The molecule has 2 heterocycles. The van der Waals surface area contributed by atoms with E-state index < -0.39 is 5.41 Å². The van der Waals surface area contributed by atoms with Gasteiger partial charge in [-0.2, -0.15) is 0 Å². The van der Waals surface area contributed by atoms with Crippen molar-refractivity contribution in [2.75, 3.05) is 19.7 Å². The molecule has 1 amide bonds. The molecule has 0 saturated carbocycles. The molecule has 1 saturated heterocycles. The molecular formula is C26H29FN2O2. The Balaban J connectivity index is 1.68. The lowest BCUT2D eigenvalue weighted by atomic mass is 9.75. The Hall–Kier alpha value is -2.79. The fourth-order valence-electron chi connectivity index (χ4n) is 4.76. The van der Waals surface area contributed by atoms with Gasteiger partial charge in [-0.05, 0) is 68.9 Å². The number of aromatic nitrogens is 1. The van der Waals surface area contributed by atoms with Gasteiger partial charge in [0.2, 0.25) is 0 Å². The molecule has 0 aliphatic carbocycles. The van der Waals surface area contributed by atoms with Crippen molar-refractivity contribution >= 4 is 16.8 Å². The molecule has 1 atom stereocenters. The molecule has 0 spiro atoms. The number of hydrogen-bond acceptors (Lipinski definition) is 3. The highest BCUT2D eigenvalue weighted by molar-refractivity contribution is 6.07. The zero-order chi connectivity index (χ0) is 22.2. The first-order chi connectivity index (χ1) is 14.8. The molecule has 0 radical (unpaired) electrons. The van der Waals surface area contributed by atoms with Crippen LogP contribution in [0.25, 0.3) is 10.9 Å². The summed E-state index contributed by atoms with van der Waals surface area (Å²) in [4.78, 5) is 20.1. The van der Waals surface area contributed by atoms with Crippen molar-refractivity contribution in [3.8, 4) is 0 Å². The van der Waals surface area contributed by atoms with Crippen molar-refractivity contribution in [3.05, 3.63) is 76.2 Å². The second-order valence-corrected chi connectivity index (χ2v) is 8.97. The molecule has 2 aromatic carbocycles. The minimum Gasteiger partial charge on any atom is -0.396 e. The summed E-state index contributed by atoms with van der Waals surface area (Å²) in [7, 11) is 0. The molecule has 31 heavy (non-hydrogen) atoms. The number of amides is 1. The van der Waals surface area contributed by atoms with Crippen molar-refractivity contribution in [1.29, 1.82) is 0 Å². The van der Waals surface area contributed by atoms with Crippen LogP contribution in [0.5, 0.6) is 0 Å². The fourth-order valence-corrected chi connectivity index (χ4v) is 4.76. The van der Waals surface area contributed by atoms with Gasteiger partial charge in [-0.1, -0.05) is 30.3 Å². The Labute approximate surface area is 182 Å². The molecule has 1 unspecified atom stereocenters. The van der Waals surface area contributed by atoms with Gasteiger partial charge in [0.25, 0.3) is 5.91 Å². The van der Waals surface area contributed by atoms with Gasteiger partial charge in [0.15, 0.2) is 0 Å². The van der Waals surface area contributed by atoms with Crippen LogP contribution >= 0.6 is 0 Å². The lowest BCUT2D eigenvalue weighted by Crippen LogP contribution is -2.49. The molecule has 0 bridgehead atoms. The predicted molar refractivity (Wildman–Crippen MR) is 121 cm³/mol. The van der Waals surface area contributed by atoms with E-state index in [2.05, 4.69) is 4.98 Å². The van der Waals surface area contributed by atoms with E-state index in [9.17, 15) is 14.3 Å². The smallest absolute Gasteiger partial charge is 0.254 e. The van der Waals surface area contributed by atoms with E-state index in [1.807, 2.05) is 49.9 Å². The number of nitrogens with zero attached hydrogens (tertiary/aromatic N) is 2. The normalized spacial score (nSPS) is 19.1. The first kappa shape index (κ1) is 21.4. The van der Waals surface area contributed by atoms with Crippen molar-refractivity contribution in [3.63, 3.8) is 0 Å². The van der Waals surface area contributed by atoms with Crippen LogP contribution in [0.2, 0.25) is 0 Å². The highest BCUT2D eigenvalue weighted by Gasteiger charge is 2.38. The van der Waals surface area contributed by atoms with Gasteiger partial charge in [-0.25, -0.2) is 4.39 Å². The molecule has 5 heteroatoms. The number of aliphatic hydroxyl groups is 1. The first-order valence-corrected chi connectivity index (χ1v) is 10.8. The number of halogens is 1. The molecule has 4 nitrogen and oxygen atoms in total. The van der Waals surface area contributed by atoms with E-state index >= 15 is 0 Å². The predicted octanol–water partition coefficient (Wildman–Crippen LogP) is 4.76. The van der Waals surface area contributed by atoms with Crippen LogP contribution in [0, 0.1) is 32.0 Å². The molecule has 1 aliphatic heterocycles. The highest BCUT2D eigenvalue weighted by Crippen LogP contribution is 2.35. The standard InChI is InChI=1S/C26H29FN2O2/c1-17-9-10-21-22(13-18(2)28-24(21)19(17)3)25(31)29-12-6-11-26(15-29,16-30)14-20-7-4-5-8-23(20)27/h4-5,7-10,13,30H,6,11-12,14-16H2,1-3H3. The first-order valence-electron chi connectivity index (χ1n) is 10.8. The van der Waals surface area contributed by atoms with Crippen LogP contribution in [0.1, 0.15) is 45.6 Å². The van der Waals surface area contributed by atoms with Gasteiger partial charge in [0.1, 0.15) is 5.82 Å². The molecule has 4 rings (SSSR count). The van der Waals surface area contributed by atoms with Gasteiger partial charge < -0.3 is 10.0 Å². The number of likely N-dealkylation sites (tertiary alicyclic amines) is 1. The third kappa shape index (κ3) is 4.07. The van der Waals surface area contributed by atoms with Crippen molar-refractivity contribution < 1.29 is 14.3 Å². The minimum atomic E-state index is -0.541. The van der Waals surface area contributed by atoms with E-state index in [1.165, 1.54) is 6.07 Å². The minimum absolute atomic E-state index is 0.0511. The molecule has 1 N–H and O–H groups in total. The second kappa shape index (κ2) is 8.39. The Bertz CT molecular complexity index is 1140. The van der Waals surface area contributed by atoms with Crippen LogP contribution in [0.4, 0.5) is 4.39 Å². The van der Waals surface area contributed by atoms with E-state index in [0.29, 0.717) is 30.6 Å². The van der Waals surface area contributed by atoms with E-state index in [1.54, 1.807) is 12.1 Å². The van der Waals surface area contributed by atoms with Gasteiger partial charge in [-0.3, -0.25) is 9.78 Å². The van der Waals surface area contributed by atoms with Crippen molar-refractivity contribution in [2.45, 2.75) is 40.0 Å². The van der Waals surface area contributed by atoms with Crippen LogP contribution in [0.3, 0.4) is 0 Å². The molecule has 1 aromatic heterocycles. The van der Waals surface area contributed by atoms with Gasteiger partial charge in [0.05, 0.1) is 17.7 Å². The van der Waals surface area contributed by atoms with E-state index in [4.69, 9.17) is 0 Å². The average molecular weight is 421 g/mol. The SMILES string of the molecule is Cc1cc(C(=O)N2CCCC(CO)(Cc3ccccc3F)C2)c2ccc(C)c(C)c2n1. The number of hydrogen-bond donors (Lipinski definition) is 1. The number of carbonyl (C=O) groups is 1. The molecule has 1 fully saturated rings. The average Bonchev–Trinajstić information content (AvgIpc) is 2.77. The number of rotatable bonds is 4. The molecule has 162 valence electrons.